The third-order valence-electron chi connectivity index (χ3n) is 2.68. The predicted molar refractivity (Wildman–Crippen MR) is 69.2 cm³/mol. The summed E-state index contributed by atoms with van der Waals surface area (Å²) in [5.74, 6) is -1.88. The van der Waals surface area contributed by atoms with Crippen LogP contribution in [0.15, 0.2) is 30.3 Å². The molecule has 0 spiro atoms. The van der Waals surface area contributed by atoms with Crippen LogP contribution >= 0.6 is 0 Å². The van der Waals surface area contributed by atoms with Gasteiger partial charge in [-0.15, -0.1) is 0 Å². The van der Waals surface area contributed by atoms with E-state index < -0.39 is 18.4 Å². The number of unbranched alkanes of at least 4 members (excludes halogenated alkanes) is 2. The van der Waals surface area contributed by atoms with Crippen LogP contribution in [0.2, 0.25) is 0 Å². The Balaban J connectivity index is 2.13. The van der Waals surface area contributed by atoms with Crippen molar-refractivity contribution in [3.63, 3.8) is 0 Å². The summed E-state index contributed by atoms with van der Waals surface area (Å²) in [4.78, 5) is 22.1. The monoisotopic (exact) mass is 287 g/mol. The fraction of sp³-hybridized carbons (Fsp3) is 0.429. The minimum absolute atomic E-state index is 0.150. The molecule has 1 rings (SSSR count). The fourth-order valence-electron chi connectivity index (χ4n) is 1.63. The van der Waals surface area contributed by atoms with Gasteiger partial charge in [0.1, 0.15) is 0 Å². The van der Waals surface area contributed by atoms with Gasteiger partial charge in [0.2, 0.25) is 11.7 Å². The molecule has 0 aliphatic heterocycles. The maximum Gasteiger partial charge on any atom is 0.449 e. The first-order valence-electron chi connectivity index (χ1n) is 6.34. The maximum absolute atomic E-state index is 11.9. The van der Waals surface area contributed by atoms with Crippen LogP contribution in [0.1, 0.15) is 32.1 Å². The molecule has 6 heteroatoms. The highest BCUT2D eigenvalue weighted by atomic mass is 19.4. The molecule has 0 atom stereocenters. The van der Waals surface area contributed by atoms with E-state index in [-0.39, 0.29) is 18.7 Å². The first kappa shape index (κ1) is 16.2. The van der Waals surface area contributed by atoms with Crippen molar-refractivity contribution in [2.24, 2.45) is 0 Å². The fourth-order valence-corrected chi connectivity index (χ4v) is 1.63. The van der Waals surface area contributed by atoms with Gasteiger partial charge in [-0.05, 0) is 25.0 Å². The van der Waals surface area contributed by atoms with Gasteiger partial charge < -0.3 is 5.32 Å². The van der Waals surface area contributed by atoms with Crippen molar-refractivity contribution in [3.05, 3.63) is 30.3 Å². The van der Waals surface area contributed by atoms with E-state index in [9.17, 15) is 22.8 Å². The van der Waals surface area contributed by atoms with E-state index in [1.807, 2.05) is 6.07 Å². The number of ketones is 1. The number of para-hydroxylation sites is 1. The third kappa shape index (κ3) is 6.36. The van der Waals surface area contributed by atoms with Crippen molar-refractivity contribution in [1.29, 1.82) is 0 Å². The zero-order valence-corrected chi connectivity index (χ0v) is 10.9. The standard InChI is InChI=1S/C14H16F3NO2/c15-14(16,17)12(19)9-5-2-6-10-13(20)18-11-7-3-1-4-8-11/h1,3-4,7-8H,2,5-6,9-10H2,(H,18,20). The van der Waals surface area contributed by atoms with E-state index in [1.165, 1.54) is 0 Å². The average molecular weight is 287 g/mol. The van der Waals surface area contributed by atoms with Gasteiger partial charge in [-0.1, -0.05) is 24.6 Å². The van der Waals surface area contributed by atoms with Crippen molar-refractivity contribution in [1.82, 2.24) is 0 Å². The molecule has 1 amide bonds. The van der Waals surface area contributed by atoms with E-state index in [1.54, 1.807) is 24.3 Å². The Hall–Kier alpha value is -1.85. The molecule has 0 radical (unpaired) electrons. The lowest BCUT2D eigenvalue weighted by Gasteiger charge is -2.06. The number of nitrogens with one attached hydrogen (secondary N) is 1. The Kier molecular flexibility index (Phi) is 6.21. The quantitative estimate of drug-likeness (QED) is 0.777. The van der Waals surface area contributed by atoms with Gasteiger partial charge in [0.25, 0.3) is 0 Å². The number of halogens is 3. The first-order valence-corrected chi connectivity index (χ1v) is 6.34. The lowest BCUT2D eigenvalue weighted by Crippen LogP contribution is -2.22. The Morgan fingerprint density at radius 1 is 0.950 bits per heavy atom. The number of anilines is 1. The highest BCUT2D eigenvalue weighted by Gasteiger charge is 2.36. The number of benzene rings is 1. The summed E-state index contributed by atoms with van der Waals surface area (Å²) in [6.07, 6.45) is -3.99. The van der Waals surface area contributed by atoms with Gasteiger partial charge >= 0.3 is 6.18 Å². The molecule has 0 saturated heterocycles. The van der Waals surface area contributed by atoms with Crippen molar-refractivity contribution in [2.45, 2.75) is 38.3 Å². The summed E-state index contributed by atoms with van der Waals surface area (Å²) >= 11 is 0. The second-order valence-electron chi connectivity index (χ2n) is 4.40. The molecule has 0 fully saturated rings. The molecule has 0 heterocycles. The van der Waals surface area contributed by atoms with Crippen LogP contribution in [0.5, 0.6) is 0 Å². The lowest BCUT2D eigenvalue weighted by atomic mass is 10.1. The molecule has 0 aliphatic carbocycles. The predicted octanol–water partition coefficient (Wildman–Crippen LogP) is 3.71. The molecule has 0 saturated carbocycles. The molecule has 110 valence electrons. The molecule has 20 heavy (non-hydrogen) atoms. The molecule has 0 aliphatic rings. The summed E-state index contributed by atoms with van der Waals surface area (Å²) in [7, 11) is 0. The Morgan fingerprint density at radius 2 is 1.55 bits per heavy atom. The SMILES string of the molecule is O=C(CCCCCC(=O)C(F)(F)F)Nc1ccccc1. The smallest absolute Gasteiger partial charge is 0.326 e. The minimum Gasteiger partial charge on any atom is -0.326 e. The number of carbonyl (C=O) groups is 2. The normalized spacial score (nSPS) is 11.2. The number of rotatable bonds is 7. The van der Waals surface area contributed by atoms with Crippen molar-refractivity contribution in [3.8, 4) is 0 Å². The number of hydrogen-bond acceptors (Lipinski definition) is 2. The number of carbonyl (C=O) groups excluding carboxylic acids is 2. The molecule has 0 bridgehead atoms. The molecule has 1 N–H and O–H groups in total. The van der Waals surface area contributed by atoms with E-state index in [4.69, 9.17) is 0 Å². The maximum atomic E-state index is 11.9. The Bertz CT molecular complexity index is 443. The highest BCUT2D eigenvalue weighted by Crippen LogP contribution is 2.19. The zero-order valence-electron chi connectivity index (χ0n) is 10.9. The summed E-state index contributed by atoms with van der Waals surface area (Å²) in [6.45, 7) is 0. The van der Waals surface area contributed by atoms with Crippen molar-refractivity contribution < 1.29 is 22.8 Å². The molecule has 1 aromatic carbocycles. The van der Waals surface area contributed by atoms with Crippen LogP contribution in [0.25, 0.3) is 0 Å². The first-order chi connectivity index (χ1) is 9.39. The summed E-state index contributed by atoms with van der Waals surface area (Å²) < 4.78 is 35.7. The lowest BCUT2D eigenvalue weighted by molar-refractivity contribution is -0.171. The van der Waals surface area contributed by atoms with Gasteiger partial charge in [-0.2, -0.15) is 13.2 Å². The van der Waals surface area contributed by atoms with Crippen LogP contribution in [-0.2, 0) is 9.59 Å². The molecular weight excluding hydrogens is 271 g/mol. The largest absolute Gasteiger partial charge is 0.449 e. The summed E-state index contributed by atoms with van der Waals surface area (Å²) in [6, 6.07) is 8.91. The molecule has 0 aromatic heterocycles. The van der Waals surface area contributed by atoms with E-state index in [0.29, 0.717) is 18.5 Å². The number of hydrogen-bond donors (Lipinski definition) is 1. The number of alkyl halides is 3. The zero-order chi connectivity index (χ0) is 15.0. The molecular formula is C14H16F3NO2. The van der Waals surface area contributed by atoms with Crippen molar-refractivity contribution in [2.75, 3.05) is 5.32 Å². The highest BCUT2D eigenvalue weighted by molar-refractivity contribution is 5.90. The number of Topliss-reactive ketones (excluding diaryl/α,β-unsaturated/α-hetero) is 1. The number of amides is 1. The minimum atomic E-state index is -4.75. The van der Waals surface area contributed by atoms with E-state index in [2.05, 4.69) is 5.32 Å². The van der Waals surface area contributed by atoms with Gasteiger partial charge in [-0.25, -0.2) is 0 Å². The van der Waals surface area contributed by atoms with E-state index in [0.717, 1.165) is 0 Å². The second-order valence-corrected chi connectivity index (χ2v) is 4.40. The molecule has 0 unspecified atom stereocenters. The average Bonchev–Trinajstić information content (AvgIpc) is 2.38. The molecule has 3 nitrogen and oxygen atoms in total. The van der Waals surface area contributed by atoms with Crippen LogP contribution < -0.4 is 5.32 Å². The van der Waals surface area contributed by atoms with E-state index >= 15 is 0 Å². The summed E-state index contributed by atoms with van der Waals surface area (Å²) in [5, 5.41) is 2.68. The van der Waals surface area contributed by atoms with Gasteiger partial charge in [0.05, 0.1) is 0 Å². The Labute approximate surface area is 115 Å². The Morgan fingerprint density at radius 3 is 2.15 bits per heavy atom. The van der Waals surface area contributed by atoms with Crippen LogP contribution in [0.3, 0.4) is 0 Å². The van der Waals surface area contributed by atoms with Crippen LogP contribution in [0.4, 0.5) is 18.9 Å². The van der Waals surface area contributed by atoms with Crippen LogP contribution in [0, 0.1) is 0 Å². The van der Waals surface area contributed by atoms with Gasteiger partial charge in [0, 0.05) is 18.5 Å². The van der Waals surface area contributed by atoms with Crippen LogP contribution in [-0.4, -0.2) is 17.9 Å². The summed E-state index contributed by atoms with van der Waals surface area (Å²) in [5.41, 5.74) is 0.685. The van der Waals surface area contributed by atoms with Crippen molar-refractivity contribution >= 4 is 17.4 Å². The second kappa shape index (κ2) is 7.67. The van der Waals surface area contributed by atoms with Gasteiger partial charge in [-0.3, -0.25) is 9.59 Å². The molecule has 1 aromatic rings. The third-order valence-corrected chi connectivity index (χ3v) is 2.68. The van der Waals surface area contributed by atoms with Gasteiger partial charge in [0.15, 0.2) is 0 Å². The topological polar surface area (TPSA) is 46.2 Å².